The molecule has 1 rings (SSSR count). The van der Waals surface area contributed by atoms with E-state index in [-0.39, 0.29) is 5.41 Å². The van der Waals surface area contributed by atoms with E-state index in [4.69, 9.17) is 11.1 Å². The number of nitrogens with zero attached hydrogens (tertiary/aromatic N) is 1. The van der Waals surface area contributed by atoms with Crippen LogP contribution < -0.4 is 5.73 Å². The number of amidine groups is 1. The molecule has 1 heterocycles. The zero-order chi connectivity index (χ0) is 13.8. The predicted octanol–water partition coefficient (Wildman–Crippen LogP) is 3.24. The van der Waals surface area contributed by atoms with Gasteiger partial charge in [-0.2, -0.15) is 0 Å². The number of likely N-dealkylation sites (tertiary alicyclic amines) is 1. The molecule has 3 N–H and O–H groups in total. The second-order valence-corrected chi connectivity index (χ2v) is 6.91. The van der Waals surface area contributed by atoms with Crippen molar-refractivity contribution in [2.24, 2.45) is 16.6 Å². The van der Waals surface area contributed by atoms with E-state index in [1.807, 2.05) is 0 Å². The highest BCUT2D eigenvalue weighted by Crippen LogP contribution is 2.34. The molecular formula is C15H31N3. The van der Waals surface area contributed by atoms with Crippen LogP contribution >= 0.6 is 0 Å². The van der Waals surface area contributed by atoms with Crippen molar-refractivity contribution < 1.29 is 0 Å². The van der Waals surface area contributed by atoms with Crippen LogP contribution in [0.15, 0.2) is 0 Å². The molecule has 0 spiro atoms. The molecule has 3 heteroatoms. The average molecular weight is 253 g/mol. The van der Waals surface area contributed by atoms with Gasteiger partial charge in [0, 0.05) is 5.41 Å². The zero-order valence-corrected chi connectivity index (χ0v) is 12.7. The molecule has 3 nitrogen and oxygen atoms in total. The van der Waals surface area contributed by atoms with Gasteiger partial charge in [0.25, 0.3) is 0 Å². The fourth-order valence-corrected chi connectivity index (χ4v) is 2.55. The normalized spacial score (nSPS) is 20.9. The molecule has 0 unspecified atom stereocenters. The molecule has 0 saturated carbocycles. The first kappa shape index (κ1) is 15.5. The third-order valence-electron chi connectivity index (χ3n) is 4.92. The first-order chi connectivity index (χ1) is 8.29. The second kappa shape index (κ2) is 6.05. The third-order valence-corrected chi connectivity index (χ3v) is 4.92. The first-order valence-corrected chi connectivity index (χ1v) is 7.36. The highest BCUT2D eigenvalue weighted by Gasteiger charge is 2.28. The monoisotopic (exact) mass is 253 g/mol. The molecule has 18 heavy (non-hydrogen) atoms. The van der Waals surface area contributed by atoms with Crippen LogP contribution in [0.1, 0.15) is 59.8 Å². The molecule has 0 aromatic carbocycles. The standard InChI is InChI=1S/C15H31N3/c1-5-15(4)8-11-18(12-9-15)10-6-7-14(2,3)13(16)17/h5-12H2,1-4H3,(H3,16,17). The molecule has 1 aliphatic rings. The maximum Gasteiger partial charge on any atom is 0.0963 e. The number of hydrogen-bond acceptors (Lipinski definition) is 2. The fraction of sp³-hybridized carbons (Fsp3) is 0.933. The topological polar surface area (TPSA) is 53.1 Å². The quantitative estimate of drug-likeness (QED) is 0.564. The largest absolute Gasteiger partial charge is 0.387 e. The summed E-state index contributed by atoms with van der Waals surface area (Å²) in [5.74, 6) is 0.319. The van der Waals surface area contributed by atoms with Crippen molar-refractivity contribution in [2.75, 3.05) is 19.6 Å². The Labute approximate surface area is 113 Å². The summed E-state index contributed by atoms with van der Waals surface area (Å²) < 4.78 is 0. The van der Waals surface area contributed by atoms with Crippen molar-refractivity contribution in [1.82, 2.24) is 4.90 Å². The molecule has 106 valence electrons. The van der Waals surface area contributed by atoms with Crippen LogP contribution in [-0.2, 0) is 0 Å². The summed E-state index contributed by atoms with van der Waals surface area (Å²) in [6, 6.07) is 0. The summed E-state index contributed by atoms with van der Waals surface area (Å²) in [5, 5.41) is 7.56. The number of hydrogen-bond donors (Lipinski definition) is 2. The van der Waals surface area contributed by atoms with E-state index in [2.05, 4.69) is 32.6 Å². The van der Waals surface area contributed by atoms with Crippen LogP contribution in [0.5, 0.6) is 0 Å². The van der Waals surface area contributed by atoms with Crippen LogP contribution in [0.2, 0.25) is 0 Å². The maximum absolute atomic E-state index is 7.56. The maximum atomic E-state index is 7.56. The van der Waals surface area contributed by atoms with Crippen LogP contribution in [-0.4, -0.2) is 30.4 Å². The molecule has 1 aliphatic heterocycles. The van der Waals surface area contributed by atoms with E-state index in [0.29, 0.717) is 11.3 Å². The van der Waals surface area contributed by atoms with Gasteiger partial charge in [-0.25, -0.2) is 0 Å². The zero-order valence-electron chi connectivity index (χ0n) is 12.7. The Bertz CT molecular complexity index is 275. The van der Waals surface area contributed by atoms with Crippen molar-refractivity contribution in [3.05, 3.63) is 0 Å². The van der Waals surface area contributed by atoms with Crippen molar-refractivity contribution in [3.63, 3.8) is 0 Å². The van der Waals surface area contributed by atoms with Gasteiger partial charge in [0.1, 0.15) is 0 Å². The van der Waals surface area contributed by atoms with Gasteiger partial charge in [0.05, 0.1) is 5.84 Å². The first-order valence-electron chi connectivity index (χ1n) is 7.36. The van der Waals surface area contributed by atoms with Gasteiger partial charge in [0.2, 0.25) is 0 Å². The SMILES string of the molecule is CCC1(C)CCN(CCCC(C)(C)C(=N)N)CC1. The predicted molar refractivity (Wildman–Crippen MR) is 79.0 cm³/mol. The van der Waals surface area contributed by atoms with Gasteiger partial charge in [-0.05, 0) is 50.7 Å². The molecule has 0 atom stereocenters. The van der Waals surface area contributed by atoms with E-state index < -0.39 is 0 Å². The Morgan fingerprint density at radius 3 is 2.33 bits per heavy atom. The summed E-state index contributed by atoms with van der Waals surface area (Å²) in [4.78, 5) is 2.58. The lowest BCUT2D eigenvalue weighted by Gasteiger charge is -2.39. The Kier molecular flexibility index (Phi) is 5.20. The Balaban J connectivity index is 2.25. The van der Waals surface area contributed by atoms with Crippen molar-refractivity contribution >= 4 is 5.84 Å². The van der Waals surface area contributed by atoms with Gasteiger partial charge in [-0.1, -0.05) is 34.1 Å². The molecule has 0 radical (unpaired) electrons. The van der Waals surface area contributed by atoms with Crippen LogP contribution in [0.25, 0.3) is 0 Å². The van der Waals surface area contributed by atoms with Crippen LogP contribution in [0.3, 0.4) is 0 Å². The van der Waals surface area contributed by atoms with Crippen LogP contribution in [0, 0.1) is 16.2 Å². The lowest BCUT2D eigenvalue weighted by molar-refractivity contribution is 0.112. The Morgan fingerprint density at radius 2 is 1.89 bits per heavy atom. The fourth-order valence-electron chi connectivity index (χ4n) is 2.55. The van der Waals surface area contributed by atoms with Crippen LogP contribution in [0.4, 0.5) is 0 Å². The number of nitrogens with one attached hydrogen (secondary N) is 1. The number of nitrogens with two attached hydrogens (primary N) is 1. The molecule has 0 bridgehead atoms. The molecule has 0 aliphatic carbocycles. The highest BCUT2D eigenvalue weighted by molar-refractivity contribution is 5.82. The van der Waals surface area contributed by atoms with Gasteiger partial charge < -0.3 is 10.6 Å². The number of piperidine rings is 1. The molecule has 0 aromatic rings. The summed E-state index contributed by atoms with van der Waals surface area (Å²) >= 11 is 0. The van der Waals surface area contributed by atoms with Gasteiger partial charge in [-0.3, -0.25) is 5.41 Å². The van der Waals surface area contributed by atoms with E-state index in [0.717, 1.165) is 19.4 Å². The highest BCUT2D eigenvalue weighted by atomic mass is 15.1. The Hall–Kier alpha value is -0.570. The summed E-state index contributed by atoms with van der Waals surface area (Å²) in [7, 11) is 0. The van der Waals surface area contributed by atoms with Gasteiger partial charge in [0.15, 0.2) is 0 Å². The molecule has 1 saturated heterocycles. The van der Waals surface area contributed by atoms with Crippen molar-refractivity contribution in [1.29, 1.82) is 5.41 Å². The van der Waals surface area contributed by atoms with Gasteiger partial charge in [-0.15, -0.1) is 0 Å². The molecule has 1 fully saturated rings. The lowest BCUT2D eigenvalue weighted by Crippen LogP contribution is -2.39. The van der Waals surface area contributed by atoms with Crippen molar-refractivity contribution in [2.45, 2.75) is 59.8 Å². The minimum atomic E-state index is -0.131. The van der Waals surface area contributed by atoms with E-state index >= 15 is 0 Å². The van der Waals surface area contributed by atoms with E-state index in [1.165, 1.54) is 32.4 Å². The minimum absolute atomic E-state index is 0.131. The van der Waals surface area contributed by atoms with Gasteiger partial charge >= 0.3 is 0 Å². The number of rotatable bonds is 6. The van der Waals surface area contributed by atoms with Crippen molar-refractivity contribution in [3.8, 4) is 0 Å². The summed E-state index contributed by atoms with van der Waals surface area (Å²) in [6.45, 7) is 12.5. The average Bonchev–Trinajstić information content (AvgIpc) is 2.31. The molecule has 0 amide bonds. The van der Waals surface area contributed by atoms with E-state index in [1.54, 1.807) is 0 Å². The summed E-state index contributed by atoms with van der Waals surface area (Å²) in [6.07, 6.45) is 6.14. The second-order valence-electron chi connectivity index (χ2n) is 6.91. The third kappa shape index (κ3) is 4.27. The smallest absolute Gasteiger partial charge is 0.0963 e. The molecule has 0 aromatic heterocycles. The Morgan fingerprint density at radius 1 is 1.33 bits per heavy atom. The summed E-state index contributed by atoms with van der Waals surface area (Å²) in [5.41, 5.74) is 6.06. The lowest BCUT2D eigenvalue weighted by atomic mass is 9.78. The van der Waals surface area contributed by atoms with E-state index in [9.17, 15) is 0 Å². The molecular weight excluding hydrogens is 222 g/mol. The minimum Gasteiger partial charge on any atom is -0.387 e.